The van der Waals surface area contributed by atoms with Gasteiger partial charge in [-0.3, -0.25) is 9.69 Å². The number of rotatable bonds is 4. The van der Waals surface area contributed by atoms with Gasteiger partial charge in [0.05, 0.1) is 4.91 Å². The molecule has 1 aromatic carbocycles. The molecule has 0 aliphatic carbocycles. The predicted molar refractivity (Wildman–Crippen MR) is 93.1 cm³/mol. The zero-order valence-electron chi connectivity index (χ0n) is 11.7. The summed E-state index contributed by atoms with van der Waals surface area (Å²) in [6, 6.07) is 9.78. The number of thioether (sulfide) groups is 1. The van der Waals surface area contributed by atoms with Gasteiger partial charge in [0.15, 0.2) is 5.17 Å². The van der Waals surface area contributed by atoms with Crippen LogP contribution < -0.4 is 0 Å². The fourth-order valence-corrected chi connectivity index (χ4v) is 3.49. The van der Waals surface area contributed by atoms with Gasteiger partial charge in [0.1, 0.15) is 0 Å². The van der Waals surface area contributed by atoms with Gasteiger partial charge in [0.25, 0.3) is 5.91 Å². The number of benzene rings is 1. The van der Waals surface area contributed by atoms with Gasteiger partial charge in [0, 0.05) is 18.1 Å². The monoisotopic (exact) mass is 327 g/mol. The van der Waals surface area contributed by atoms with Crippen molar-refractivity contribution in [3.8, 4) is 0 Å². The van der Waals surface area contributed by atoms with E-state index in [0.717, 1.165) is 5.56 Å². The minimum Gasteiger partial charge on any atom is -0.282 e. The molecule has 1 amide bonds. The molecule has 1 fully saturated rings. The van der Waals surface area contributed by atoms with Gasteiger partial charge in [-0.25, -0.2) is 4.98 Å². The summed E-state index contributed by atoms with van der Waals surface area (Å²) in [6.45, 7) is 4.14. The minimum atomic E-state index is -0.0518. The van der Waals surface area contributed by atoms with E-state index >= 15 is 0 Å². The third-order valence-corrected chi connectivity index (χ3v) is 4.58. The lowest BCUT2D eigenvalue weighted by Crippen LogP contribution is -2.29. The van der Waals surface area contributed by atoms with Crippen LogP contribution in [0.15, 0.2) is 64.5 Å². The highest BCUT2D eigenvalue weighted by Crippen LogP contribution is 2.34. The van der Waals surface area contributed by atoms with Gasteiger partial charge in [0.2, 0.25) is 5.13 Å². The van der Waals surface area contributed by atoms with Gasteiger partial charge in [-0.15, -0.1) is 17.9 Å². The van der Waals surface area contributed by atoms with Crippen LogP contribution in [0, 0.1) is 0 Å². The summed E-state index contributed by atoms with van der Waals surface area (Å²) in [5.74, 6) is -0.0518. The van der Waals surface area contributed by atoms with E-state index < -0.39 is 0 Å². The number of amides is 1. The third kappa shape index (κ3) is 3.18. The standard InChI is InChI=1S/C16H13N3OS2/c1-2-9-19-14(20)13(11-12-6-4-3-5-7-12)22-16(19)18-15-17-8-10-21-15/h2-8,10-11H,1,9H2/b13-11-,18-16+. The first-order valence-electron chi connectivity index (χ1n) is 6.63. The molecule has 0 saturated carbocycles. The van der Waals surface area contributed by atoms with Crippen molar-refractivity contribution in [2.45, 2.75) is 0 Å². The average Bonchev–Trinajstić information content (AvgIpc) is 3.13. The number of amidine groups is 1. The number of hydrogen-bond acceptors (Lipinski definition) is 5. The Bertz CT molecular complexity index is 736. The Kier molecular flexibility index (Phi) is 4.50. The summed E-state index contributed by atoms with van der Waals surface area (Å²) in [7, 11) is 0. The molecule has 0 bridgehead atoms. The molecule has 6 heteroatoms. The summed E-state index contributed by atoms with van der Waals surface area (Å²) in [5.41, 5.74) is 0.993. The second-order valence-electron chi connectivity index (χ2n) is 4.43. The highest BCUT2D eigenvalue weighted by molar-refractivity contribution is 8.18. The largest absolute Gasteiger partial charge is 0.282 e. The lowest BCUT2D eigenvalue weighted by atomic mass is 10.2. The van der Waals surface area contributed by atoms with Crippen LogP contribution in [-0.4, -0.2) is 27.5 Å². The molecule has 1 aliphatic heterocycles. The average molecular weight is 327 g/mol. The molecular formula is C16H13N3OS2. The van der Waals surface area contributed by atoms with E-state index in [1.807, 2.05) is 41.8 Å². The molecule has 1 saturated heterocycles. The lowest BCUT2D eigenvalue weighted by molar-refractivity contribution is -0.121. The topological polar surface area (TPSA) is 45.6 Å². The van der Waals surface area contributed by atoms with Crippen molar-refractivity contribution in [2.24, 2.45) is 4.99 Å². The van der Waals surface area contributed by atoms with Crippen molar-refractivity contribution in [3.05, 3.63) is 65.0 Å². The zero-order chi connectivity index (χ0) is 15.4. The number of aliphatic imine (C=N–C) groups is 1. The third-order valence-electron chi connectivity index (χ3n) is 2.91. The summed E-state index contributed by atoms with van der Waals surface area (Å²) in [4.78, 5) is 23.4. The quantitative estimate of drug-likeness (QED) is 0.631. The van der Waals surface area contributed by atoms with E-state index in [9.17, 15) is 4.79 Å². The van der Waals surface area contributed by atoms with Crippen LogP contribution in [0.5, 0.6) is 0 Å². The van der Waals surface area contributed by atoms with Crippen LogP contribution in [0.2, 0.25) is 0 Å². The van der Waals surface area contributed by atoms with Crippen molar-refractivity contribution >= 4 is 45.4 Å². The van der Waals surface area contributed by atoms with Gasteiger partial charge in [-0.2, -0.15) is 4.99 Å². The maximum atomic E-state index is 12.5. The second-order valence-corrected chi connectivity index (χ2v) is 6.32. The van der Waals surface area contributed by atoms with Crippen molar-refractivity contribution in [2.75, 3.05) is 6.54 Å². The van der Waals surface area contributed by atoms with Crippen molar-refractivity contribution < 1.29 is 4.79 Å². The molecule has 0 N–H and O–H groups in total. The predicted octanol–water partition coefficient (Wildman–Crippen LogP) is 3.93. The van der Waals surface area contributed by atoms with Crippen molar-refractivity contribution in [1.82, 2.24) is 9.88 Å². The molecule has 0 atom stereocenters. The molecule has 4 nitrogen and oxygen atoms in total. The number of thiazole rings is 1. The van der Waals surface area contributed by atoms with Gasteiger partial charge < -0.3 is 0 Å². The van der Waals surface area contributed by atoms with E-state index in [-0.39, 0.29) is 5.91 Å². The van der Waals surface area contributed by atoms with E-state index in [2.05, 4.69) is 16.6 Å². The second kappa shape index (κ2) is 6.72. The molecule has 0 unspecified atom stereocenters. The van der Waals surface area contributed by atoms with E-state index in [4.69, 9.17) is 0 Å². The Balaban J connectivity index is 1.93. The first-order chi connectivity index (χ1) is 10.8. The lowest BCUT2D eigenvalue weighted by Gasteiger charge is -2.11. The summed E-state index contributed by atoms with van der Waals surface area (Å²) >= 11 is 2.81. The Morgan fingerprint density at radius 2 is 2.14 bits per heavy atom. The Labute approximate surface area is 136 Å². The molecule has 22 heavy (non-hydrogen) atoms. The highest BCUT2D eigenvalue weighted by Gasteiger charge is 2.32. The van der Waals surface area contributed by atoms with Gasteiger partial charge in [-0.05, 0) is 23.4 Å². The van der Waals surface area contributed by atoms with Gasteiger partial charge >= 0.3 is 0 Å². The molecule has 1 aliphatic rings. The Morgan fingerprint density at radius 1 is 1.32 bits per heavy atom. The zero-order valence-corrected chi connectivity index (χ0v) is 13.3. The van der Waals surface area contributed by atoms with Crippen LogP contribution in [-0.2, 0) is 4.79 Å². The minimum absolute atomic E-state index is 0.0518. The van der Waals surface area contributed by atoms with Crippen molar-refractivity contribution in [3.63, 3.8) is 0 Å². The fourth-order valence-electron chi connectivity index (χ4n) is 1.94. The van der Waals surface area contributed by atoms with Crippen LogP contribution in [0.3, 0.4) is 0 Å². The molecular weight excluding hydrogens is 314 g/mol. The van der Waals surface area contributed by atoms with Crippen LogP contribution in [0.1, 0.15) is 5.56 Å². The maximum Gasteiger partial charge on any atom is 0.267 e. The SMILES string of the molecule is C=CCN1C(=O)/C(=C/c2ccccc2)S/C1=N/c1nccs1. The molecule has 2 heterocycles. The number of carbonyl (C=O) groups excluding carboxylic acids is 1. The number of nitrogens with zero attached hydrogens (tertiary/aromatic N) is 3. The smallest absolute Gasteiger partial charge is 0.267 e. The van der Waals surface area contributed by atoms with Crippen LogP contribution >= 0.6 is 23.1 Å². The molecule has 0 radical (unpaired) electrons. The number of carbonyl (C=O) groups is 1. The Hall–Kier alpha value is -2.18. The summed E-state index contributed by atoms with van der Waals surface area (Å²) in [5, 5.41) is 3.15. The van der Waals surface area contributed by atoms with E-state index in [0.29, 0.717) is 21.7 Å². The first-order valence-corrected chi connectivity index (χ1v) is 8.33. The number of aromatic nitrogens is 1. The fraction of sp³-hybridized carbons (Fsp3) is 0.0625. The molecule has 0 spiro atoms. The molecule has 2 aromatic rings. The van der Waals surface area contributed by atoms with Crippen LogP contribution in [0.4, 0.5) is 5.13 Å². The molecule has 3 rings (SSSR count). The summed E-state index contributed by atoms with van der Waals surface area (Å²) < 4.78 is 0. The number of hydrogen-bond donors (Lipinski definition) is 0. The first kappa shape index (κ1) is 14.7. The van der Waals surface area contributed by atoms with E-state index in [1.165, 1.54) is 23.1 Å². The van der Waals surface area contributed by atoms with E-state index in [1.54, 1.807) is 17.2 Å². The normalized spacial score (nSPS) is 18.4. The molecule has 1 aromatic heterocycles. The maximum absolute atomic E-state index is 12.5. The molecule has 110 valence electrons. The Morgan fingerprint density at radius 3 is 2.82 bits per heavy atom. The van der Waals surface area contributed by atoms with Crippen molar-refractivity contribution in [1.29, 1.82) is 0 Å². The van der Waals surface area contributed by atoms with Gasteiger partial charge in [-0.1, -0.05) is 36.4 Å². The van der Waals surface area contributed by atoms with Crippen LogP contribution in [0.25, 0.3) is 6.08 Å². The summed E-state index contributed by atoms with van der Waals surface area (Å²) in [6.07, 6.45) is 5.28. The highest BCUT2D eigenvalue weighted by atomic mass is 32.2.